The Morgan fingerprint density at radius 1 is 1.21 bits per heavy atom. The molecule has 3 nitrogen and oxygen atoms in total. The van der Waals surface area contributed by atoms with Crippen LogP contribution in [0.4, 0.5) is 11.4 Å². The van der Waals surface area contributed by atoms with E-state index in [1.54, 1.807) is 5.57 Å². The fraction of sp³-hybridized carbons (Fsp3) is 0.619. The van der Waals surface area contributed by atoms with Crippen LogP contribution in [0.3, 0.4) is 0 Å². The lowest BCUT2D eigenvalue weighted by Crippen LogP contribution is -2.48. The maximum absolute atomic E-state index is 6.05. The molecule has 3 aliphatic carbocycles. The fourth-order valence-corrected chi connectivity index (χ4v) is 4.84. The van der Waals surface area contributed by atoms with Crippen molar-refractivity contribution >= 4 is 11.4 Å². The summed E-state index contributed by atoms with van der Waals surface area (Å²) >= 11 is 0. The number of likely N-dealkylation sites (tertiary alicyclic amines) is 1. The van der Waals surface area contributed by atoms with Crippen LogP contribution in [0, 0.1) is 17.3 Å². The van der Waals surface area contributed by atoms with Gasteiger partial charge in [-0.25, -0.2) is 0 Å². The largest absolute Gasteiger partial charge is 0.397 e. The van der Waals surface area contributed by atoms with Crippen LogP contribution in [0.15, 0.2) is 35.9 Å². The molecule has 0 aromatic heterocycles. The standard InChI is InChI=1S/C21H31N3/c1-21(2)16-11-15(12-17(21)13-16)14-24-9-7-18(8-10-24)23-20-6-4-3-5-19(20)22/h3-6,11,16-18,23H,7-10,12-14,22H2,1-2H3/t16-,17+/m0/s1. The minimum atomic E-state index is 0.554. The summed E-state index contributed by atoms with van der Waals surface area (Å²) in [6.45, 7) is 8.49. The van der Waals surface area contributed by atoms with Crippen LogP contribution in [-0.4, -0.2) is 30.6 Å². The van der Waals surface area contributed by atoms with Crippen LogP contribution in [0.25, 0.3) is 0 Å². The Kier molecular flexibility index (Phi) is 4.07. The molecule has 24 heavy (non-hydrogen) atoms. The molecule has 3 heteroatoms. The van der Waals surface area contributed by atoms with Gasteiger partial charge in [0.15, 0.2) is 0 Å². The van der Waals surface area contributed by atoms with Crippen molar-refractivity contribution in [3.8, 4) is 0 Å². The van der Waals surface area contributed by atoms with Gasteiger partial charge in [-0.05, 0) is 55.1 Å². The lowest BCUT2D eigenvalue weighted by molar-refractivity contribution is -0.00306. The van der Waals surface area contributed by atoms with Gasteiger partial charge < -0.3 is 11.1 Å². The van der Waals surface area contributed by atoms with E-state index in [9.17, 15) is 0 Å². The van der Waals surface area contributed by atoms with Crippen molar-refractivity contribution in [3.63, 3.8) is 0 Å². The molecule has 2 fully saturated rings. The first-order chi connectivity index (χ1) is 11.5. The second-order valence-corrected chi connectivity index (χ2v) is 8.67. The van der Waals surface area contributed by atoms with Gasteiger partial charge in [0.05, 0.1) is 11.4 Å². The van der Waals surface area contributed by atoms with Gasteiger partial charge in [-0.1, -0.05) is 37.6 Å². The molecule has 5 rings (SSSR count). The Bertz CT molecular complexity index is 626. The van der Waals surface area contributed by atoms with E-state index < -0.39 is 0 Å². The molecule has 0 radical (unpaired) electrons. The Morgan fingerprint density at radius 2 is 1.96 bits per heavy atom. The van der Waals surface area contributed by atoms with Gasteiger partial charge in [-0.3, -0.25) is 4.90 Å². The molecule has 0 amide bonds. The number of nitrogens with zero attached hydrogens (tertiary/aromatic N) is 1. The van der Waals surface area contributed by atoms with E-state index in [4.69, 9.17) is 5.73 Å². The zero-order valence-corrected chi connectivity index (χ0v) is 15.1. The van der Waals surface area contributed by atoms with Crippen molar-refractivity contribution in [2.24, 2.45) is 17.3 Å². The third-order valence-corrected chi connectivity index (χ3v) is 6.83. The summed E-state index contributed by atoms with van der Waals surface area (Å²) in [4.78, 5) is 2.65. The van der Waals surface area contributed by atoms with Gasteiger partial charge in [-0.15, -0.1) is 0 Å². The van der Waals surface area contributed by atoms with Gasteiger partial charge >= 0.3 is 0 Å². The molecule has 1 aromatic rings. The van der Waals surface area contributed by atoms with Crippen molar-refractivity contribution in [2.75, 3.05) is 30.7 Å². The summed E-state index contributed by atoms with van der Waals surface area (Å²) in [5, 5.41) is 3.63. The third-order valence-electron chi connectivity index (χ3n) is 6.83. The van der Waals surface area contributed by atoms with Crippen LogP contribution in [0.5, 0.6) is 0 Å². The van der Waals surface area contributed by atoms with Crippen LogP contribution in [0.1, 0.15) is 39.5 Å². The molecule has 1 heterocycles. The van der Waals surface area contributed by atoms with Crippen molar-refractivity contribution < 1.29 is 0 Å². The monoisotopic (exact) mass is 325 g/mol. The number of benzene rings is 1. The van der Waals surface area contributed by atoms with Gasteiger partial charge in [0.25, 0.3) is 0 Å². The molecule has 0 unspecified atom stereocenters. The van der Waals surface area contributed by atoms with Crippen LogP contribution >= 0.6 is 0 Å². The maximum Gasteiger partial charge on any atom is 0.0576 e. The van der Waals surface area contributed by atoms with Crippen molar-refractivity contribution in [1.82, 2.24) is 4.90 Å². The van der Waals surface area contributed by atoms with E-state index in [0.29, 0.717) is 11.5 Å². The number of fused-ring (bicyclic) bond motifs is 1. The normalized spacial score (nSPS) is 29.7. The summed E-state index contributed by atoms with van der Waals surface area (Å²) < 4.78 is 0. The van der Waals surface area contributed by atoms with Gasteiger partial charge in [0, 0.05) is 25.7 Å². The molecule has 2 atom stereocenters. The number of nitrogens with two attached hydrogens (primary N) is 1. The second kappa shape index (κ2) is 6.11. The summed E-state index contributed by atoms with van der Waals surface area (Å²) in [5.74, 6) is 1.77. The Hall–Kier alpha value is -1.48. The smallest absolute Gasteiger partial charge is 0.0576 e. The highest BCUT2D eigenvalue weighted by Gasteiger charge is 2.49. The van der Waals surface area contributed by atoms with E-state index in [1.807, 2.05) is 12.1 Å². The van der Waals surface area contributed by atoms with Gasteiger partial charge in [0.2, 0.25) is 0 Å². The molecule has 1 saturated carbocycles. The van der Waals surface area contributed by atoms with Crippen LogP contribution in [-0.2, 0) is 0 Å². The number of allylic oxidation sites excluding steroid dienone is 1. The first-order valence-corrected chi connectivity index (χ1v) is 9.55. The molecule has 1 saturated heterocycles. The first-order valence-electron chi connectivity index (χ1n) is 9.55. The first kappa shape index (κ1) is 16.0. The Labute approximate surface area is 146 Å². The molecule has 1 aromatic carbocycles. The van der Waals surface area contributed by atoms with Crippen molar-refractivity contribution in [3.05, 3.63) is 35.9 Å². The molecule has 4 aliphatic rings. The van der Waals surface area contributed by atoms with Crippen LogP contribution in [0.2, 0.25) is 0 Å². The zero-order chi connectivity index (χ0) is 16.7. The van der Waals surface area contributed by atoms with Crippen LogP contribution < -0.4 is 11.1 Å². The molecule has 130 valence electrons. The highest BCUT2D eigenvalue weighted by atomic mass is 15.1. The third kappa shape index (κ3) is 2.95. The number of para-hydroxylation sites is 2. The number of hydrogen-bond donors (Lipinski definition) is 2. The van der Waals surface area contributed by atoms with E-state index >= 15 is 0 Å². The molecular weight excluding hydrogens is 294 g/mol. The minimum Gasteiger partial charge on any atom is -0.397 e. The Balaban J connectivity index is 1.27. The Morgan fingerprint density at radius 3 is 2.58 bits per heavy atom. The predicted molar refractivity (Wildman–Crippen MR) is 102 cm³/mol. The van der Waals surface area contributed by atoms with E-state index in [-0.39, 0.29) is 0 Å². The van der Waals surface area contributed by atoms with E-state index in [2.05, 4.69) is 42.3 Å². The molecule has 1 aliphatic heterocycles. The molecular formula is C21H31N3. The fourth-order valence-electron chi connectivity index (χ4n) is 4.84. The quantitative estimate of drug-likeness (QED) is 0.646. The molecule has 3 N–H and O–H groups in total. The minimum absolute atomic E-state index is 0.554. The average Bonchev–Trinajstić information content (AvgIpc) is 2.59. The van der Waals surface area contributed by atoms with E-state index in [0.717, 1.165) is 23.2 Å². The maximum atomic E-state index is 6.05. The lowest BCUT2D eigenvalue weighted by Gasteiger charge is -2.55. The zero-order valence-electron chi connectivity index (χ0n) is 15.1. The summed E-state index contributed by atoms with van der Waals surface area (Å²) in [6, 6.07) is 8.66. The van der Waals surface area contributed by atoms with Gasteiger partial charge in [0.1, 0.15) is 0 Å². The highest BCUT2D eigenvalue weighted by molar-refractivity contribution is 5.65. The second-order valence-electron chi connectivity index (χ2n) is 8.67. The summed E-state index contributed by atoms with van der Waals surface area (Å²) in [5.41, 5.74) is 10.3. The summed E-state index contributed by atoms with van der Waals surface area (Å²) in [6.07, 6.45) is 7.79. The summed E-state index contributed by atoms with van der Waals surface area (Å²) in [7, 11) is 0. The number of piperidine rings is 1. The van der Waals surface area contributed by atoms with Crippen molar-refractivity contribution in [1.29, 1.82) is 0 Å². The highest BCUT2D eigenvalue weighted by Crippen LogP contribution is 2.58. The number of rotatable bonds is 4. The van der Waals surface area contributed by atoms with Gasteiger partial charge in [-0.2, -0.15) is 0 Å². The molecule has 2 bridgehead atoms. The number of hydrogen-bond acceptors (Lipinski definition) is 3. The number of nitrogen functional groups attached to an aromatic ring is 1. The topological polar surface area (TPSA) is 41.3 Å². The van der Waals surface area contributed by atoms with Crippen molar-refractivity contribution in [2.45, 2.75) is 45.6 Å². The average molecular weight is 326 g/mol. The SMILES string of the molecule is CC1(C)[C@@H]2CC(CN3CCC(Nc4ccccc4N)CC3)=C[C@H]1C2. The predicted octanol–water partition coefficient (Wildman–Crippen LogP) is 4.14. The van der Waals surface area contributed by atoms with E-state index in [1.165, 1.54) is 45.3 Å². The lowest BCUT2D eigenvalue weighted by atomic mass is 9.50. The number of anilines is 2. The molecule has 0 spiro atoms. The number of nitrogens with one attached hydrogen (secondary N) is 1.